The molecule has 0 fully saturated rings. The van der Waals surface area contributed by atoms with Gasteiger partial charge in [0, 0.05) is 16.7 Å². The van der Waals surface area contributed by atoms with Gasteiger partial charge in [0.1, 0.15) is 0 Å². The monoisotopic (exact) mass is 333 g/mol. The number of carboxylic acid groups (broad SMARTS) is 1. The molecule has 0 aliphatic carbocycles. The standard InChI is InChI=1S/C16H16BrNO2/c1-11-3-2-4-12(9-11)7-8-18-15-6-5-13(17)10-14(15)16(19)20/h2-6,9-10,18H,7-8H2,1H3,(H,19,20). The Morgan fingerprint density at radius 2 is 2.05 bits per heavy atom. The molecule has 2 rings (SSSR count). The summed E-state index contributed by atoms with van der Waals surface area (Å²) in [4.78, 5) is 11.2. The number of benzene rings is 2. The fourth-order valence-corrected chi connectivity index (χ4v) is 2.42. The lowest BCUT2D eigenvalue weighted by atomic mass is 10.1. The van der Waals surface area contributed by atoms with Gasteiger partial charge in [-0.2, -0.15) is 0 Å². The Hall–Kier alpha value is -1.81. The molecular weight excluding hydrogens is 318 g/mol. The van der Waals surface area contributed by atoms with Gasteiger partial charge in [0.15, 0.2) is 0 Å². The normalized spacial score (nSPS) is 10.3. The molecule has 2 aromatic carbocycles. The van der Waals surface area contributed by atoms with E-state index in [1.165, 1.54) is 11.1 Å². The highest BCUT2D eigenvalue weighted by Gasteiger charge is 2.10. The SMILES string of the molecule is Cc1cccc(CCNc2ccc(Br)cc2C(=O)O)c1. The molecule has 0 heterocycles. The van der Waals surface area contributed by atoms with Crippen molar-refractivity contribution in [1.29, 1.82) is 0 Å². The van der Waals surface area contributed by atoms with E-state index < -0.39 is 5.97 Å². The Morgan fingerprint density at radius 1 is 1.25 bits per heavy atom. The third-order valence-corrected chi connectivity index (χ3v) is 3.52. The molecule has 4 heteroatoms. The first-order chi connectivity index (χ1) is 9.56. The molecule has 0 radical (unpaired) electrons. The molecule has 0 unspecified atom stereocenters. The summed E-state index contributed by atoms with van der Waals surface area (Å²) in [6, 6.07) is 13.5. The van der Waals surface area contributed by atoms with Gasteiger partial charge in [-0.1, -0.05) is 45.8 Å². The molecule has 0 saturated heterocycles. The molecule has 0 aliphatic heterocycles. The zero-order valence-electron chi connectivity index (χ0n) is 11.2. The predicted octanol–water partition coefficient (Wildman–Crippen LogP) is 4.11. The highest BCUT2D eigenvalue weighted by atomic mass is 79.9. The number of carboxylic acids is 1. The van der Waals surface area contributed by atoms with Gasteiger partial charge in [-0.15, -0.1) is 0 Å². The quantitative estimate of drug-likeness (QED) is 0.865. The maximum atomic E-state index is 11.2. The van der Waals surface area contributed by atoms with Crippen LogP contribution in [0.5, 0.6) is 0 Å². The van der Waals surface area contributed by atoms with E-state index in [9.17, 15) is 9.90 Å². The van der Waals surface area contributed by atoms with E-state index in [1.54, 1.807) is 12.1 Å². The van der Waals surface area contributed by atoms with Crippen LogP contribution in [0.4, 0.5) is 5.69 Å². The molecule has 0 saturated carbocycles. The van der Waals surface area contributed by atoms with Gasteiger partial charge in [-0.25, -0.2) is 4.79 Å². The number of anilines is 1. The van der Waals surface area contributed by atoms with Gasteiger partial charge in [0.05, 0.1) is 5.56 Å². The summed E-state index contributed by atoms with van der Waals surface area (Å²) in [6.07, 6.45) is 0.858. The molecule has 0 aliphatic rings. The second-order valence-corrected chi connectivity index (χ2v) is 5.58. The number of nitrogens with one attached hydrogen (secondary N) is 1. The van der Waals surface area contributed by atoms with Crippen molar-refractivity contribution in [2.75, 3.05) is 11.9 Å². The molecule has 0 spiro atoms. The summed E-state index contributed by atoms with van der Waals surface area (Å²) in [7, 11) is 0. The topological polar surface area (TPSA) is 49.3 Å². The van der Waals surface area contributed by atoms with E-state index in [1.807, 2.05) is 12.1 Å². The second kappa shape index (κ2) is 6.57. The van der Waals surface area contributed by atoms with Crippen molar-refractivity contribution >= 4 is 27.6 Å². The van der Waals surface area contributed by atoms with Gasteiger partial charge in [-0.05, 0) is 37.1 Å². The average Bonchev–Trinajstić information content (AvgIpc) is 2.40. The van der Waals surface area contributed by atoms with Crippen LogP contribution in [-0.4, -0.2) is 17.6 Å². The first-order valence-electron chi connectivity index (χ1n) is 6.38. The molecule has 3 nitrogen and oxygen atoms in total. The fraction of sp³-hybridized carbons (Fsp3) is 0.188. The van der Waals surface area contributed by atoms with E-state index in [0.29, 0.717) is 12.2 Å². The summed E-state index contributed by atoms with van der Waals surface area (Å²) < 4.78 is 0.763. The zero-order chi connectivity index (χ0) is 14.5. The Bertz CT molecular complexity index is 626. The zero-order valence-corrected chi connectivity index (χ0v) is 12.8. The number of hydrogen-bond acceptors (Lipinski definition) is 2. The summed E-state index contributed by atoms with van der Waals surface area (Å²) in [6.45, 7) is 2.76. The number of hydrogen-bond donors (Lipinski definition) is 2. The smallest absolute Gasteiger partial charge is 0.337 e. The Labute approximate surface area is 126 Å². The lowest BCUT2D eigenvalue weighted by molar-refractivity contribution is 0.0698. The maximum absolute atomic E-state index is 11.2. The van der Waals surface area contributed by atoms with Crippen LogP contribution in [0.1, 0.15) is 21.5 Å². The van der Waals surface area contributed by atoms with Gasteiger partial charge < -0.3 is 10.4 Å². The van der Waals surface area contributed by atoms with Crippen LogP contribution in [0, 0.1) is 6.92 Å². The molecule has 2 N–H and O–H groups in total. The minimum atomic E-state index is -0.927. The molecule has 0 amide bonds. The fourth-order valence-electron chi connectivity index (χ4n) is 2.06. The van der Waals surface area contributed by atoms with Crippen molar-refractivity contribution in [3.8, 4) is 0 Å². The predicted molar refractivity (Wildman–Crippen MR) is 84.5 cm³/mol. The van der Waals surface area contributed by atoms with Crippen LogP contribution < -0.4 is 5.32 Å². The van der Waals surface area contributed by atoms with Crippen molar-refractivity contribution in [2.24, 2.45) is 0 Å². The molecule has 2 aromatic rings. The number of aromatic carboxylic acids is 1. The van der Waals surface area contributed by atoms with E-state index in [4.69, 9.17) is 0 Å². The van der Waals surface area contributed by atoms with Gasteiger partial charge >= 0.3 is 5.97 Å². The van der Waals surface area contributed by atoms with Crippen molar-refractivity contribution in [3.63, 3.8) is 0 Å². The molecule has 0 bridgehead atoms. The summed E-state index contributed by atoms with van der Waals surface area (Å²) in [5.74, 6) is -0.927. The third kappa shape index (κ3) is 3.84. The lowest BCUT2D eigenvalue weighted by Gasteiger charge is -2.10. The lowest BCUT2D eigenvalue weighted by Crippen LogP contribution is -2.09. The minimum absolute atomic E-state index is 0.281. The Kier molecular flexibility index (Phi) is 4.79. The van der Waals surface area contributed by atoms with E-state index in [2.05, 4.69) is 46.4 Å². The van der Waals surface area contributed by atoms with Crippen molar-refractivity contribution in [3.05, 3.63) is 63.6 Å². The molecule has 0 aromatic heterocycles. The minimum Gasteiger partial charge on any atom is -0.478 e. The summed E-state index contributed by atoms with van der Waals surface area (Å²) >= 11 is 3.29. The number of aryl methyl sites for hydroxylation is 1. The first-order valence-corrected chi connectivity index (χ1v) is 7.18. The molecule has 0 atom stereocenters. The summed E-state index contributed by atoms with van der Waals surface area (Å²) in [5.41, 5.74) is 3.40. The van der Waals surface area contributed by atoms with Crippen LogP contribution in [0.3, 0.4) is 0 Å². The summed E-state index contributed by atoms with van der Waals surface area (Å²) in [5, 5.41) is 12.4. The Morgan fingerprint density at radius 3 is 2.75 bits per heavy atom. The van der Waals surface area contributed by atoms with Gasteiger partial charge in [0.25, 0.3) is 0 Å². The third-order valence-electron chi connectivity index (χ3n) is 3.02. The van der Waals surface area contributed by atoms with Crippen molar-refractivity contribution in [1.82, 2.24) is 0 Å². The van der Waals surface area contributed by atoms with Gasteiger partial charge in [0.2, 0.25) is 0 Å². The van der Waals surface area contributed by atoms with E-state index in [0.717, 1.165) is 10.9 Å². The number of halogens is 1. The van der Waals surface area contributed by atoms with Crippen molar-refractivity contribution < 1.29 is 9.90 Å². The number of rotatable bonds is 5. The van der Waals surface area contributed by atoms with Crippen molar-refractivity contribution in [2.45, 2.75) is 13.3 Å². The Balaban J connectivity index is 2.02. The second-order valence-electron chi connectivity index (χ2n) is 4.66. The highest BCUT2D eigenvalue weighted by Crippen LogP contribution is 2.21. The van der Waals surface area contributed by atoms with Crippen LogP contribution in [0.25, 0.3) is 0 Å². The largest absolute Gasteiger partial charge is 0.478 e. The average molecular weight is 334 g/mol. The molecule has 104 valence electrons. The number of carbonyl (C=O) groups is 1. The maximum Gasteiger partial charge on any atom is 0.337 e. The molecular formula is C16H16BrNO2. The van der Waals surface area contributed by atoms with Crippen LogP contribution in [0.2, 0.25) is 0 Å². The van der Waals surface area contributed by atoms with Crippen LogP contribution in [-0.2, 0) is 6.42 Å². The van der Waals surface area contributed by atoms with Crippen LogP contribution >= 0.6 is 15.9 Å². The molecule has 20 heavy (non-hydrogen) atoms. The first kappa shape index (κ1) is 14.6. The van der Waals surface area contributed by atoms with E-state index in [-0.39, 0.29) is 5.56 Å². The van der Waals surface area contributed by atoms with E-state index >= 15 is 0 Å². The van der Waals surface area contributed by atoms with Gasteiger partial charge in [-0.3, -0.25) is 0 Å². The highest BCUT2D eigenvalue weighted by molar-refractivity contribution is 9.10. The van der Waals surface area contributed by atoms with Crippen LogP contribution in [0.15, 0.2) is 46.9 Å².